The maximum atomic E-state index is 13.3. The molecule has 1 aromatic rings. The number of nitrogens with one attached hydrogen (secondary N) is 1. The Morgan fingerprint density at radius 1 is 1.14 bits per heavy atom. The lowest BCUT2D eigenvalue weighted by Gasteiger charge is -2.54. The van der Waals surface area contributed by atoms with E-state index in [0.717, 1.165) is 24.9 Å². The largest absolute Gasteiger partial charge is 0.316 e. The van der Waals surface area contributed by atoms with Crippen molar-refractivity contribution in [2.45, 2.75) is 51.9 Å². The first-order chi connectivity index (χ1) is 10.1. The van der Waals surface area contributed by atoms with E-state index >= 15 is 0 Å². The molecule has 1 aliphatic carbocycles. The molecule has 2 aliphatic rings. The summed E-state index contributed by atoms with van der Waals surface area (Å²) in [4.78, 5) is 0. The summed E-state index contributed by atoms with van der Waals surface area (Å²) in [5, 5.41) is 3.59. The van der Waals surface area contributed by atoms with Crippen molar-refractivity contribution in [3.8, 4) is 0 Å². The summed E-state index contributed by atoms with van der Waals surface area (Å²) >= 11 is 0. The van der Waals surface area contributed by atoms with E-state index in [4.69, 9.17) is 0 Å². The smallest absolute Gasteiger partial charge is 0.123 e. The third kappa shape index (κ3) is 2.75. The van der Waals surface area contributed by atoms with E-state index in [2.05, 4.69) is 19.2 Å². The molecule has 3 unspecified atom stereocenters. The maximum absolute atomic E-state index is 13.3. The Kier molecular flexibility index (Phi) is 4.35. The molecule has 2 fully saturated rings. The van der Waals surface area contributed by atoms with Gasteiger partial charge in [-0.1, -0.05) is 38.8 Å². The van der Waals surface area contributed by atoms with Crippen molar-refractivity contribution in [3.63, 3.8) is 0 Å². The number of rotatable bonds is 2. The normalized spacial score (nSPS) is 33.5. The van der Waals surface area contributed by atoms with Gasteiger partial charge in [0.05, 0.1) is 0 Å². The minimum atomic E-state index is -0.124. The summed E-state index contributed by atoms with van der Waals surface area (Å²) in [6, 6.07) is 7.29. The average Bonchev–Trinajstić information content (AvgIpc) is 2.49. The van der Waals surface area contributed by atoms with Gasteiger partial charge in [-0.3, -0.25) is 0 Å². The minimum absolute atomic E-state index is 0.124. The van der Waals surface area contributed by atoms with Gasteiger partial charge in [-0.15, -0.1) is 0 Å². The molecule has 0 bridgehead atoms. The Morgan fingerprint density at radius 3 is 2.62 bits per heavy atom. The Hall–Kier alpha value is -0.890. The first-order valence-corrected chi connectivity index (χ1v) is 8.60. The average molecular weight is 289 g/mol. The van der Waals surface area contributed by atoms with Gasteiger partial charge in [-0.05, 0) is 60.8 Å². The van der Waals surface area contributed by atoms with Crippen LogP contribution in [0.2, 0.25) is 0 Å². The van der Waals surface area contributed by atoms with Gasteiger partial charge in [0.1, 0.15) is 5.82 Å². The van der Waals surface area contributed by atoms with Crippen LogP contribution in [0, 0.1) is 23.1 Å². The molecule has 1 aliphatic heterocycles. The first kappa shape index (κ1) is 15.0. The fourth-order valence-electron chi connectivity index (χ4n) is 5.12. The Bertz CT molecular complexity index is 461. The van der Waals surface area contributed by atoms with Crippen LogP contribution in [-0.4, -0.2) is 13.1 Å². The first-order valence-electron chi connectivity index (χ1n) is 8.60. The molecule has 2 heteroatoms. The molecule has 116 valence electrons. The molecule has 1 N–H and O–H groups in total. The predicted octanol–water partition coefficient (Wildman–Crippen LogP) is 4.74. The van der Waals surface area contributed by atoms with E-state index in [1.54, 1.807) is 12.1 Å². The summed E-state index contributed by atoms with van der Waals surface area (Å²) in [6.07, 6.45) is 6.74. The van der Waals surface area contributed by atoms with Crippen LogP contribution in [0.3, 0.4) is 0 Å². The molecule has 1 nitrogen and oxygen atoms in total. The van der Waals surface area contributed by atoms with Gasteiger partial charge in [0.2, 0.25) is 0 Å². The molecule has 1 saturated carbocycles. The molecule has 0 radical (unpaired) electrons. The summed E-state index contributed by atoms with van der Waals surface area (Å²) in [5.41, 5.74) is 1.76. The Balaban J connectivity index is 1.97. The number of hydrogen-bond donors (Lipinski definition) is 1. The molecule has 1 saturated heterocycles. The fraction of sp³-hybridized carbons (Fsp3) is 0.684. The van der Waals surface area contributed by atoms with Gasteiger partial charge >= 0.3 is 0 Å². The molecule has 1 aromatic carbocycles. The lowest BCUT2D eigenvalue weighted by Crippen LogP contribution is -2.50. The van der Waals surface area contributed by atoms with E-state index in [0.29, 0.717) is 11.3 Å². The van der Waals surface area contributed by atoms with Gasteiger partial charge in [-0.2, -0.15) is 0 Å². The highest BCUT2D eigenvalue weighted by molar-refractivity contribution is 5.25. The lowest BCUT2D eigenvalue weighted by atomic mass is 9.53. The zero-order valence-corrected chi connectivity index (χ0v) is 13.4. The number of hydrogen-bond acceptors (Lipinski definition) is 1. The lowest BCUT2D eigenvalue weighted by molar-refractivity contribution is 0.00524. The van der Waals surface area contributed by atoms with Crippen LogP contribution in [0.4, 0.5) is 4.39 Å². The van der Waals surface area contributed by atoms with Crippen LogP contribution in [0.15, 0.2) is 24.3 Å². The quantitative estimate of drug-likeness (QED) is 0.829. The topological polar surface area (TPSA) is 12.0 Å². The molecular weight excluding hydrogens is 261 g/mol. The van der Waals surface area contributed by atoms with E-state index < -0.39 is 0 Å². The molecule has 0 amide bonds. The van der Waals surface area contributed by atoms with Crippen molar-refractivity contribution in [1.82, 2.24) is 5.32 Å². The molecule has 3 atom stereocenters. The molecule has 1 spiro atoms. The highest BCUT2D eigenvalue weighted by atomic mass is 19.1. The number of benzene rings is 1. The van der Waals surface area contributed by atoms with Gasteiger partial charge in [0.15, 0.2) is 0 Å². The Labute approximate surface area is 128 Å². The molecular formula is C19H28FN. The third-order valence-corrected chi connectivity index (χ3v) is 6.03. The van der Waals surface area contributed by atoms with Crippen LogP contribution in [0.1, 0.15) is 57.4 Å². The fourth-order valence-corrected chi connectivity index (χ4v) is 5.12. The van der Waals surface area contributed by atoms with E-state index in [-0.39, 0.29) is 5.82 Å². The van der Waals surface area contributed by atoms with Gasteiger partial charge < -0.3 is 5.32 Å². The maximum Gasteiger partial charge on any atom is 0.123 e. The second-order valence-corrected chi connectivity index (χ2v) is 7.39. The number of piperidine rings is 1. The van der Waals surface area contributed by atoms with Crippen molar-refractivity contribution in [2.24, 2.45) is 17.3 Å². The van der Waals surface area contributed by atoms with Crippen molar-refractivity contribution in [2.75, 3.05) is 13.1 Å². The van der Waals surface area contributed by atoms with Gasteiger partial charge in [0.25, 0.3) is 0 Å². The second-order valence-electron chi connectivity index (χ2n) is 7.39. The summed E-state index contributed by atoms with van der Waals surface area (Å²) < 4.78 is 13.3. The van der Waals surface area contributed by atoms with Crippen LogP contribution in [-0.2, 0) is 0 Å². The Morgan fingerprint density at radius 2 is 1.90 bits per heavy atom. The van der Waals surface area contributed by atoms with Crippen LogP contribution >= 0.6 is 0 Å². The molecule has 3 rings (SSSR count). The standard InChI is InChI=1S/C19H28FN/c1-14(2)17-5-3-4-10-19(17)11-12-21-13-18(19)15-6-8-16(20)9-7-15/h6-9,14,17-18,21H,3-5,10-13H2,1-2H3. The molecule has 0 aromatic heterocycles. The summed E-state index contributed by atoms with van der Waals surface area (Å²) in [7, 11) is 0. The SMILES string of the molecule is CC(C)C1CCCCC12CCNCC2c1ccc(F)cc1. The van der Waals surface area contributed by atoms with Crippen LogP contribution in [0.5, 0.6) is 0 Å². The molecule has 1 heterocycles. The summed E-state index contributed by atoms with van der Waals surface area (Å²) in [6.45, 7) is 6.97. The molecule has 21 heavy (non-hydrogen) atoms. The summed E-state index contributed by atoms with van der Waals surface area (Å²) in [5.74, 6) is 1.97. The van der Waals surface area contributed by atoms with Crippen molar-refractivity contribution in [3.05, 3.63) is 35.6 Å². The van der Waals surface area contributed by atoms with Crippen molar-refractivity contribution in [1.29, 1.82) is 0 Å². The van der Waals surface area contributed by atoms with Crippen molar-refractivity contribution < 1.29 is 4.39 Å². The van der Waals surface area contributed by atoms with Gasteiger partial charge in [0, 0.05) is 12.5 Å². The second kappa shape index (κ2) is 6.08. The zero-order chi connectivity index (χ0) is 14.9. The van der Waals surface area contributed by atoms with Crippen molar-refractivity contribution >= 4 is 0 Å². The highest BCUT2D eigenvalue weighted by Gasteiger charge is 2.48. The minimum Gasteiger partial charge on any atom is -0.316 e. The van der Waals surface area contributed by atoms with E-state index in [9.17, 15) is 4.39 Å². The van der Waals surface area contributed by atoms with E-state index in [1.165, 1.54) is 37.7 Å². The number of halogens is 1. The van der Waals surface area contributed by atoms with E-state index in [1.807, 2.05) is 12.1 Å². The van der Waals surface area contributed by atoms with Gasteiger partial charge in [-0.25, -0.2) is 4.39 Å². The third-order valence-electron chi connectivity index (χ3n) is 6.03. The van der Waals surface area contributed by atoms with Crippen LogP contribution in [0.25, 0.3) is 0 Å². The van der Waals surface area contributed by atoms with Crippen LogP contribution < -0.4 is 5.32 Å². The highest BCUT2D eigenvalue weighted by Crippen LogP contribution is 2.56. The zero-order valence-electron chi connectivity index (χ0n) is 13.4. The monoisotopic (exact) mass is 289 g/mol. The predicted molar refractivity (Wildman–Crippen MR) is 85.9 cm³/mol.